The van der Waals surface area contributed by atoms with E-state index in [1.807, 2.05) is 11.6 Å². The Labute approximate surface area is 112 Å². The van der Waals surface area contributed by atoms with Gasteiger partial charge in [0.1, 0.15) is 5.82 Å². The summed E-state index contributed by atoms with van der Waals surface area (Å²) in [6.07, 6.45) is 1.63. The van der Waals surface area contributed by atoms with Crippen molar-refractivity contribution in [2.45, 2.75) is 27.2 Å². The van der Waals surface area contributed by atoms with Crippen molar-refractivity contribution < 1.29 is 9.90 Å². The number of hydrogen-bond donors (Lipinski definition) is 1. The van der Waals surface area contributed by atoms with Gasteiger partial charge in [0.15, 0.2) is 0 Å². The standard InChI is InChI=1S/C15H18N2O2/c1-9-5-10(2)14(11(3)6-9)15-16-8-12(17(15)4)7-13(18)19/h5-6,8H,7H2,1-4H3,(H,18,19). The van der Waals surface area contributed by atoms with Crippen LogP contribution in [0, 0.1) is 20.8 Å². The highest BCUT2D eigenvalue weighted by Crippen LogP contribution is 2.27. The number of aryl methyl sites for hydroxylation is 3. The van der Waals surface area contributed by atoms with Crippen LogP contribution in [-0.4, -0.2) is 20.6 Å². The van der Waals surface area contributed by atoms with Gasteiger partial charge in [0.05, 0.1) is 6.42 Å². The van der Waals surface area contributed by atoms with Crippen molar-refractivity contribution in [1.82, 2.24) is 9.55 Å². The highest BCUT2D eigenvalue weighted by molar-refractivity contribution is 5.71. The van der Waals surface area contributed by atoms with Gasteiger partial charge in [-0.15, -0.1) is 0 Å². The van der Waals surface area contributed by atoms with E-state index >= 15 is 0 Å². The molecule has 2 aromatic rings. The molecule has 0 saturated carbocycles. The first kappa shape index (κ1) is 13.3. The normalized spacial score (nSPS) is 10.7. The van der Waals surface area contributed by atoms with Gasteiger partial charge in [0, 0.05) is 24.5 Å². The molecule has 0 spiro atoms. The molecule has 4 nitrogen and oxygen atoms in total. The number of aliphatic carboxylic acids is 1. The van der Waals surface area contributed by atoms with Crippen LogP contribution in [0.2, 0.25) is 0 Å². The highest BCUT2D eigenvalue weighted by Gasteiger charge is 2.15. The molecule has 0 radical (unpaired) electrons. The molecule has 0 aliphatic rings. The van der Waals surface area contributed by atoms with E-state index in [1.165, 1.54) is 5.56 Å². The summed E-state index contributed by atoms with van der Waals surface area (Å²) in [6.45, 7) is 6.18. The summed E-state index contributed by atoms with van der Waals surface area (Å²) < 4.78 is 1.86. The SMILES string of the molecule is Cc1cc(C)c(-c2ncc(CC(=O)O)n2C)c(C)c1. The molecule has 0 fully saturated rings. The van der Waals surface area contributed by atoms with Crippen LogP contribution in [0.4, 0.5) is 0 Å². The molecule has 0 aliphatic heterocycles. The molecule has 0 unspecified atom stereocenters. The van der Waals surface area contributed by atoms with Crippen LogP contribution in [0.3, 0.4) is 0 Å². The van der Waals surface area contributed by atoms with Gasteiger partial charge < -0.3 is 9.67 Å². The summed E-state index contributed by atoms with van der Waals surface area (Å²) >= 11 is 0. The van der Waals surface area contributed by atoms with Crippen molar-refractivity contribution in [3.05, 3.63) is 40.7 Å². The zero-order chi connectivity index (χ0) is 14.2. The molecule has 1 aromatic heterocycles. The fourth-order valence-corrected chi connectivity index (χ4v) is 2.53. The number of imidazole rings is 1. The third-order valence-corrected chi connectivity index (χ3v) is 3.32. The van der Waals surface area contributed by atoms with Gasteiger partial charge in [-0.25, -0.2) is 4.98 Å². The quantitative estimate of drug-likeness (QED) is 0.920. The lowest BCUT2D eigenvalue weighted by molar-refractivity contribution is -0.136. The fourth-order valence-electron chi connectivity index (χ4n) is 2.53. The van der Waals surface area contributed by atoms with Crippen LogP contribution in [0.5, 0.6) is 0 Å². The number of benzene rings is 1. The Kier molecular flexibility index (Phi) is 3.42. The molecule has 0 bridgehead atoms. The maximum Gasteiger partial charge on any atom is 0.309 e. The number of hydrogen-bond acceptors (Lipinski definition) is 2. The third kappa shape index (κ3) is 2.52. The Morgan fingerprint density at radius 3 is 2.37 bits per heavy atom. The van der Waals surface area contributed by atoms with Crippen molar-refractivity contribution in [2.75, 3.05) is 0 Å². The van der Waals surface area contributed by atoms with Gasteiger partial charge in [0.25, 0.3) is 0 Å². The van der Waals surface area contributed by atoms with E-state index in [0.717, 1.165) is 22.5 Å². The lowest BCUT2D eigenvalue weighted by Crippen LogP contribution is -2.06. The third-order valence-electron chi connectivity index (χ3n) is 3.32. The van der Waals surface area contributed by atoms with Crippen LogP contribution in [0.1, 0.15) is 22.4 Å². The van der Waals surface area contributed by atoms with Crippen molar-refractivity contribution >= 4 is 5.97 Å². The Bertz CT molecular complexity index is 619. The summed E-state index contributed by atoms with van der Waals surface area (Å²) in [5, 5.41) is 8.88. The fraction of sp³-hybridized carbons (Fsp3) is 0.333. The minimum atomic E-state index is -0.841. The van der Waals surface area contributed by atoms with E-state index in [1.54, 1.807) is 6.20 Å². The predicted molar refractivity (Wildman–Crippen MR) is 74.2 cm³/mol. The van der Waals surface area contributed by atoms with E-state index < -0.39 is 5.97 Å². The minimum Gasteiger partial charge on any atom is -0.481 e. The van der Waals surface area contributed by atoms with E-state index in [9.17, 15) is 4.79 Å². The van der Waals surface area contributed by atoms with Gasteiger partial charge >= 0.3 is 5.97 Å². The zero-order valence-corrected chi connectivity index (χ0v) is 11.7. The molecule has 1 N–H and O–H groups in total. The van der Waals surface area contributed by atoms with Crippen molar-refractivity contribution in [3.63, 3.8) is 0 Å². The summed E-state index contributed by atoms with van der Waals surface area (Å²) in [5.41, 5.74) is 5.34. The van der Waals surface area contributed by atoms with E-state index in [0.29, 0.717) is 5.69 Å². The molecular formula is C15H18N2O2. The van der Waals surface area contributed by atoms with Crippen molar-refractivity contribution in [2.24, 2.45) is 7.05 Å². The minimum absolute atomic E-state index is 0.00649. The molecule has 0 atom stereocenters. The zero-order valence-electron chi connectivity index (χ0n) is 11.7. The predicted octanol–water partition coefficient (Wildman–Crippen LogP) is 2.64. The van der Waals surface area contributed by atoms with Crippen molar-refractivity contribution in [3.8, 4) is 11.4 Å². The van der Waals surface area contributed by atoms with Crippen LogP contribution >= 0.6 is 0 Å². The van der Waals surface area contributed by atoms with Gasteiger partial charge in [-0.05, 0) is 31.9 Å². The maximum atomic E-state index is 10.8. The second-order valence-electron chi connectivity index (χ2n) is 4.98. The van der Waals surface area contributed by atoms with Crippen molar-refractivity contribution in [1.29, 1.82) is 0 Å². The number of carbonyl (C=O) groups is 1. The van der Waals surface area contributed by atoms with Gasteiger partial charge in [-0.1, -0.05) is 17.7 Å². The summed E-state index contributed by atoms with van der Waals surface area (Å²) in [5.74, 6) is -0.0156. The number of carboxylic acid groups (broad SMARTS) is 1. The van der Waals surface area contributed by atoms with Gasteiger partial charge in [0.2, 0.25) is 0 Å². The maximum absolute atomic E-state index is 10.8. The van der Waals surface area contributed by atoms with Crippen LogP contribution < -0.4 is 0 Å². The highest BCUT2D eigenvalue weighted by atomic mass is 16.4. The number of aromatic nitrogens is 2. The van der Waals surface area contributed by atoms with E-state index in [-0.39, 0.29) is 6.42 Å². The molecule has 4 heteroatoms. The molecule has 1 aromatic carbocycles. The van der Waals surface area contributed by atoms with Crippen LogP contribution in [-0.2, 0) is 18.3 Å². The number of carboxylic acids is 1. The molecule has 1 heterocycles. The number of nitrogens with zero attached hydrogens (tertiary/aromatic N) is 2. The first-order valence-electron chi connectivity index (χ1n) is 6.20. The van der Waals surface area contributed by atoms with E-state index in [2.05, 4.69) is 37.9 Å². The smallest absolute Gasteiger partial charge is 0.309 e. The molecule has 2 rings (SSSR count). The summed E-state index contributed by atoms with van der Waals surface area (Å²) in [6, 6.07) is 4.24. The Hall–Kier alpha value is -2.10. The summed E-state index contributed by atoms with van der Waals surface area (Å²) in [4.78, 5) is 15.2. The molecule has 0 saturated heterocycles. The average molecular weight is 258 g/mol. The van der Waals surface area contributed by atoms with Gasteiger partial charge in [-0.2, -0.15) is 0 Å². The molecule has 100 valence electrons. The topological polar surface area (TPSA) is 55.1 Å². The molecular weight excluding hydrogens is 240 g/mol. The lowest BCUT2D eigenvalue weighted by Gasteiger charge is -2.12. The number of rotatable bonds is 3. The molecule has 0 amide bonds. The van der Waals surface area contributed by atoms with Crippen LogP contribution in [0.15, 0.2) is 18.3 Å². The Morgan fingerprint density at radius 2 is 1.84 bits per heavy atom. The second-order valence-corrected chi connectivity index (χ2v) is 4.98. The summed E-state index contributed by atoms with van der Waals surface area (Å²) in [7, 11) is 1.86. The average Bonchev–Trinajstić information content (AvgIpc) is 2.60. The monoisotopic (exact) mass is 258 g/mol. The first-order valence-corrected chi connectivity index (χ1v) is 6.20. The van der Waals surface area contributed by atoms with E-state index in [4.69, 9.17) is 5.11 Å². The van der Waals surface area contributed by atoms with Crippen LogP contribution in [0.25, 0.3) is 11.4 Å². The molecule has 19 heavy (non-hydrogen) atoms. The largest absolute Gasteiger partial charge is 0.481 e. The molecule has 0 aliphatic carbocycles. The Balaban J connectivity index is 2.54. The van der Waals surface area contributed by atoms with Gasteiger partial charge in [-0.3, -0.25) is 4.79 Å². The first-order chi connectivity index (χ1) is 8.90. The Morgan fingerprint density at radius 1 is 1.26 bits per heavy atom. The lowest BCUT2D eigenvalue weighted by atomic mass is 9.99. The second kappa shape index (κ2) is 4.88.